The van der Waals surface area contributed by atoms with Crippen molar-refractivity contribution in [2.24, 2.45) is 0 Å². The van der Waals surface area contributed by atoms with Crippen LogP contribution in [0.4, 0.5) is 16.8 Å². The van der Waals surface area contributed by atoms with E-state index in [-0.39, 0.29) is 0 Å². The van der Waals surface area contributed by atoms with Crippen LogP contribution in [0.15, 0.2) is 36.8 Å². The number of nitrogens with zero attached hydrogens (tertiary/aromatic N) is 5. The van der Waals surface area contributed by atoms with Crippen LogP contribution in [0.25, 0.3) is 10.4 Å². The Morgan fingerprint density at radius 2 is 1.92 bits per heavy atom. The number of aromatic nitrogens is 4. The summed E-state index contributed by atoms with van der Waals surface area (Å²) in [4.78, 5) is 21.0. The molecule has 0 atom stereocenters. The first-order valence-corrected chi connectivity index (χ1v) is 8.83. The largest absolute Gasteiger partial charge is 0.356 e. The maximum atomic E-state index is 4.56. The van der Waals surface area contributed by atoms with E-state index >= 15 is 0 Å². The third-order valence-electron chi connectivity index (χ3n) is 3.96. The fourth-order valence-electron chi connectivity index (χ4n) is 2.82. The molecule has 122 valence electrons. The molecule has 0 aromatic carbocycles. The molecular weight excluding hydrogens is 320 g/mol. The van der Waals surface area contributed by atoms with E-state index in [1.54, 1.807) is 23.7 Å². The number of hydrogen-bond acceptors (Lipinski definition) is 7. The van der Waals surface area contributed by atoms with Gasteiger partial charge in [-0.05, 0) is 37.5 Å². The van der Waals surface area contributed by atoms with Crippen LogP contribution in [-0.4, -0.2) is 33.0 Å². The Labute approximate surface area is 144 Å². The Hall–Kier alpha value is -2.54. The second kappa shape index (κ2) is 6.52. The number of thiazole rings is 1. The summed E-state index contributed by atoms with van der Waals surface area (Å²) < 4.78 is 0. The van der Waals surface area contributed by atoms with Gasteiger partial charge in [0.1, 0.15) is 17.5 Å². The predicted molar refractivity (Wildman–Crippen MR) is 96.8 cm³/mol. The molecule has 1 fully saturated rings. The summed E-state index contributed by atoms with van der Waals surface area (Å²) in [7, 11) is 0. The minimum absolute atomic E-state index is 0.771. The summed E-state index contributed by atoms with van der Waals surface area (Å²) in [6.45, 7) is 4.06. The standard InChI is InChI=1S/C17H18N6S/c1-12-20-15(10-16(21-12)23-8-2-3-9-23)22-17-19-11-14(24-17)13-4-6-18-7-5-13/h4-7,10-11H,2-3,8-9H2,1H3,(H,19,20,21,22). The molecule has 3 aromatic rings. The van der Waals surface area contributed by atoms with Crippen molar-refractivity contribution >= 4 is 28.1 Å². The third kappa shape index (κ3) is 3.21. The molecule has 3 aromatic heterocycles. The Bertz CT molecular complexity index is 826. The number of aryl methyl sites for hydroxylation is 1. The molecule has 1 saturated heterocycles. The van der Waals surface area contributed by atoms with E-state index in [2.05, 4.69) is 30.2 Å². The average Bonchev–Trinajstić information content (AvgIpc) is 3.27. The van der Waals surface area contributed by atoms with E-state index in [0.29, 0.717) is 0 Å². The van der Waals surface area contributed by atoms with Crippen molar-refractivity contribution in [3.63, 3.8) is 0 Å². The van der Waals surface area contributed by atoms with Crippen molar-refractivity contribution in [1.82, 2.24) is 19.9 Å². The first kappa shape index (κ1) is 15.0. The zero-order valence-corrected chi connectivity index (χ0v) is 14.3. The zero-order valence-electron chi connectivity index (χ0n) is 13.4. The molecule has 0 radical (unpaired) electrons. The molecule has 7 heteroatoms. The van der Waals surface area contributed by atoms with Crippen LogP contribution in [0.2, 0.25) is 0 Å². The van der Waals surface area contributed by atoms with Crippen LogP contribution in [0.5, 0.6) is 0 Å². The normalized spacial score (nSPS) is 14.1. The second-order valence-electron chi connectivity index (χ2n) is 5.74. The highest BCUT2D eigenvalue weighted by Crippen LogP contribution is 2.30. The Morgan fingerprint density at radius 1 is 1.12 bits per heavy atom. The molecule has 6 nitrogen and oxygen atoms in total. The van der Waals surface area contributed by atoms with E-state index in [4.69, 9.17) is 0 Å². The first-order valence-electron chi connectivity index (χ1n) is 8.02. The van der Waals surface area contributed by atoms with E-state index in [1.165, 1.54) is 12.8 Å². The molecule has 4 rings (SSSR count). The summed E-state index contributed by atoms with van der Waals surface area (Å²) in [6.07, 6.45) is 7.91. The topological polar surface area (TPSA) is 66.8 Å². The van der Waals surface area contributed by atoms with Crippen molar-refractivity contribution in [2.75, 3.05) is 23.3 Å². The summed E-state index contributed by atoms with van der Waals surface area (Å²) in [6, 6.07) is 5.97. The molecule has 4 heterocycles. The van der Waals surface area contributed by atoms with Gasteiger partial charge in [0.25, 0.3) is 0 Å². The van der Waals surface area contributed by atoms with Crippen molar-refractivity contribution < 1.29 is 0 Å². The average molecular weight is 338 g/mol. The number of rotatable bonds is 4. The molecule has 0 bridgehead atoms. The van der Waals surface area contributed by atoms with Crippen LogP contribution in [0.3, 0.4) is 0 Å². The lowest BCUT2D eigenvalue weighted by Crippen LogP contribution is -2.19. The Balaban J connectivity index is 1.56. The van der Waals surface area contributed by atoms with Gasteiger partial charge in [-0.3, -0.25) is 4.98 Å². The van der Waals surface area contributed by atoms with E-state index in [1.807, 2.05) is 31.3 Å². The number of nitrogens with one attached hydrogen (secondary N) is 1. The molecule has 1 aliphatic heterocycles. The maximum absolute atomic E-state index is 4.56. The van der Waals surface area contributed by atoms with Crippen LogP contribution < -0.4 is 10.2 Å². The van der Waals surface area contributed by atoms with Gasteiger partial charge >= 0.3 is 0 Å². The number of hydrogen-bond donors (Lipinski definition) is 1. The molecule has 0 amide bonds. The highest BCUT2D eigenvalue weighted by molar-refractivity contribution is 7.18. The SMILES string of the molecule is Cc1nc(Nc2ncc(-c3ccncc3)s2)cc(N2CCCC2)n1. The summed E-state index contributed by atoms with van der Waals surface area (Å²) in [5.41, 5.74) is 1.12. The van der Waals surface area contributed by atoms with Gasteiger partial charge in [-0.2, -0.15) is 0 Å². The van der Waals surface area contributed by atoms with Crippen molar-refractivity contribution in [2.45, 2.75) is 19.8 Å². The van der Waals surface area contributed by atoms with Crippen LogP contribution in [0.1, 0.15) is 18.7 Å². The number of pyridine rings is 1. The van der Waals surface area contributed by atoms with Crippen molar-refractivity contribution in [3.05, 3.63) is 42.6 Å². The monoisotopic (exact) mass is 338 g/mol. The minimum Gasteiger partial charge on any atom is -0.356 e. The zero-order chi connectivity index (χ0) is 16.4. The molecule has 0 spiro atoms. The van der Waals surface area contributed by atoms with Crippen molar-refractivity contribution in [1.29, 1.82) is 0 Å². The molecular formula is C17H18N6S. The lowest BCUT2D eigenvalue weighted by atomic mass is 10.2. The van der Waals surface area contributed by atoms with Crippen LogP contribution >= 0.6 is 11.3 Å². The van der Waals surface area contributed by atoms with Gasteiger partial charge in [-0.1, -0.05) is 11.3 Å². The number of anilines is 3. The fourth-order valence-corrected chi connectivity index (χ4v) is 3.64. The molecule has 0 unspecified atom stereocenters. The van der Waals surface area contributed by atoms with Gasteiger partial charge in [-0.25, -0.2) is 15.0 Å². The van der Waals surface area contributed by atoms with Gasteiger partial charge in [0.2, 0.25) is 0 Å². The molecule has 0 aliphatic carbocycles. The molecule has 0 saturated carbocycles. The smallest absolute Gasteiger partial charge is 0.188 e. The lowest BCUT2D eigenvalue weighted by molar-refractivity contribution is 0.911. The maximum Gasteiger partial charge on any atom is 0.188 e. The molecule has 24 heavy (non-hydrogen) atoms. The fraction of sp³-hybridized carbons (Fsp3) is 0.294. The van der Waals surface area contributed by atoms with E-state index in [0.717, 1.165) is 46.1 Å². The summed E-state index contributed by atoms with van der Waals surface area (Å²) in [5.74, 6) is 2.56. The van der Waals surface area contributed by atoms with Gasteiger partial charge in [0, 0.05) is 37.7 Å². The molecule has 1 aliphatic rings. The van der Waals surface area contributed by atoms with Gasteiger partial charge in [-0.15, -0.1) is 0 Å². The van der Waals surface area contributed by atoms with E-state index < -0.39 is 0 Å². The second-order valence-corrected chi connectivity index (χ2v) is 6.77. The van der Waals surface area contributed by atoms with Gasteiger partial charge in [0.05, 0.1) is 4.88 Å². The van der Waals surface area contributed by atoms with Crippen LogP contribution in [-0.2, 0) is 0 Å². The van der Waals surface area contributed by atoms with Gasteiger partial charge < -0.3 is 10.2 Å². The highest BCUT2D eigenvalue weighted by Gasteiger charge is 2.15. The summed E-state index contributed by atoms with van der Waals surface area (Å²) >= 11 is 1.60. The summed E-state index contributed by atoms with van der Waals surface area (Å²) in [5, 5.41) is 4.14. The lowest BCUT2D eigenvalue weighted by Gasteiger charge is -2.17. The minimum atomic E-state index is 0.771. The van der Waals surface area contributed by atoms with Gasteiger partial charge in [0.15, 0.2) is 5.13 Å². The first-order chi connectivity index (χ1) is 11.8. The molecule has 1 N–H and O–H groups in total. The Morgan fingerprint density at radius 3 is 2.71 bits per heavy atom. The predicted octanol–water partition coefficient (Wildman–Crippen LogP) is 3.65. The third-order valence-corrected chi connectivity index (χ3v) is 4.92. The van der Waals surface area contributed by atoms with Crippen LogP contribution in [0, 0.1) is 6.92 Å². The highest BCUT2D eigenvalue weighted by atomic mass is 32.1. The van der Waals surface area contributed by atoms with E-state index in [9.17, 15) is 0 Å². The quantitative estimate of drug-likeness (QED) is 0.783. The Kier molecular flexibility index (Phi) is 4.08. The van der Waals surface area contributed by atoms with Crippen molar-refractivity contribution in [3.8, 4) is 10.4 Å².